The van der Waals surface area contributed by atoms with Crippen molar-refractivity contribution in [3.8, 4) is 11.3 Å². The van der Waals surface area contributed by atoms with Crippen LogP contribution in [0.25, 0.3) is 16.9 Å². The van der Waals surface area contributed by atoms with Crippen molar-refractivity contribution in [1.29, 1.82) is 0 Å². The molecule has 3 heterocycles. The summed E-state index contributed by atoms with van der Waals surface area (Å²) in [4.78, 5) is 18.1. The van der Waals surface area contributed by atoms with Gasteiger partial charge in [-0.15, -0.1) is 0 Å². The fourth-order valence-corrected chi connectivity index (χ4v) is 3.63. The maximum absolute atomic E-state index is 11.5. The highest BCUT2D eigenvalue weighted by atomic mass is 16.1. The van der Waals surface area contributed by atoms with Crippen LogP contribution in [0.5, 0.6) is 0 Å². The first-order valence-corrected chi connectivity index (χ1v) is 8.37. The van der Waals surface area contributed by atoms with Gasteiger partial charge in [-0.3, -0.25) is 9.69 Å². The molecule has 0 bridgehead atoms. The van der Waals surface area contributed by atoms with Crippen LogP contribution < -0.4 is 5.73 Å². The lowest BCUT2D eigenvalue weighted by Gasteiger charge is -2.46. The normalized spacial score (nSPS) is 16.7. The van der Waals surface area contributed by atoms with Crippen LogP contribution in [0.2, 0.25) is 0 Å². The first kappa shape index (κ1) is 15.8. The van der Waals surface area contributed by atoms with Gasteiger partial charge in [-0.1, -0.05) is 38.1 Å². The lowest BCUT2D eigenvalue weighted by atomic mass is 9.84. The standard InChI is InChI=1S/C19H21N5O/c1-19(2)10-23(11-19)9-13-3-5-14(6-4-13)16-8-7-15(17(20)25)18-21-12-22-24(16)18/h3-8,12H,9-11H2,1-2H3,(H2,20,25). The molecule has 1 aromatic carbocycles. The highest BCUT2D eigenvalue weighted by Crippen LogP contribution is 2.30. The minimum atomic E-state index is -0.502. The molecule has 0 unspecified atom stereocenters. The van der Waals surface area contributed by atoms with Crippen molar-refractivity contribution in [2.24, 2.45) is 11.1 Å². The van der Waals surface area contributed by atoms with Gasteiger partial charge in [-0.25, -0.2) is 9.50 Å². The van der Waals surface area contributed by atoms with Crippen molar-refractivity contribution < 1.29 is 4.79 Å². The molecule has 1 amide bonds. The molecule has 128 valence electrons. The molecule has 6 heteroatoms. The van der Waals surface area contributed by atoms with Crippen LogP contribution in [0.4, 0.5) is 0 Å². The first-order chi connectivity index (χ1) is 11.9. The number of hydrogen-bond acceptors (Lipinski definition) is 4. The Hall–Kier alpha value is -2.73. The van der Waals surface area contributed by atoms with Crippen LogP contribution in [0.3, 0.4) is 0 Å². The van der Waals surface area contributed by atoms with Gasteiger partial charge < -0.3 is 5.73 Å². The predicted octanol–water partition coefficient (Wildman–Crippen LogP) is 2.34. The van der Waals surface area contributed by atoms with Gasteiger partial charge >= 0.3 is 0 Å². The SMILES string of the molecule is CC1(C)CN(Cc2ccc(-c3ccc(C(N)=O)c4ncnn34)cc2)C1. The minimum absolute atomic E-state index is 0.373. The summed E-state index contributed by atoms with van der Waals surface area (Å²) in [5, 5.41) is 4.24. The van der Waals surface area contributed by atoms with Crippen LogP contribution in [0.15, 0.2) is 42.7 Å². The highest BCUT2D eigenvalue weighted by molar-refractivity contribution is 5.99. The summed E-state index contributed by atoms with van der Waals surface area (Å²) in [6, 6.07) is 12.0. The number of pyridine rings is 1. The maximum atomic E-state index is 11.5. The smallest absolute Gasteiger partial charge is 0.252 e. The van der Waals surface area contributed by atoms with Crippen LogP contribution in [0.1, 0.15) is 29.8 Å². The van der Waals surface area contributed by atoms with Crippen molar-refractivity contribution in [2.45, 2.75) is 20.4 Å². The summed E-state index contributed by atoms with van der Waals surface area (Å²) in [6.45, 7) is 7.85. The van der Waals surface area contributed by atoms with Gasteiger partial charge in [0.15, 0.2) is 5.65 Å². The van der Waals surface area contributed by atoms with Gasteiger partial charge in [-0.05, 0) is 23.1 Å². The van der Waals surface area contributed by atoms with E-state index in [2.05, 4.69) is 53.1 Å². The molecule has 4 rings (SSSR count). The van der Waals surface area contributed by atoms with E-state index in [-0.39, 0.29) is 0 Å². The fraction of sp³-hybridized carbons (Fsp3) is 0.316. The Morgan fingerprint density at radius 3 is 2.52 bits per heavy atom. The third kappa shape index (κ3) is 2.89. The second kappa shape index (κ2) is 5.67. The third-order valence-electron chi connectivity index (χ3n) is 4.65. The Bertz CT molecular complexity index is 934. The van der Waals surface area contributed by atoms with Gasteiger partial charge in [0, 0.05) is 25.2 Å². The number of hydrogen-bond donors (Lipinski definition) is 1. The zero-order valence-corrected chi connectivity index (χ0v) is 14.4. The van der Waals surface area contributed by atoms with Gasteiger partial charge in [0.2, 0.25) is 0 Å². The molecule has 1 saturated heterocycles. The Kier molecular flexibility index (Phi) is 3.58. The number of benzene rings is 1. The number of carbonyl (C=O) groups is 1. The molecule has 0 saturated carbocycles. The van der Waals surface area contributed by atoms with Gasteiger partial charge in [-0.2, -0.15) is 5.10 Å². The summed E-state index contributed by atoms with van der Waals surface area (Å²) in [5.41, 5.74) is 9.91. The summed E-state index contributed by atoms with van der Waals surface area (Å²) >= 11 is 0. The predicted molar refractivity (Wildman–Crippen MR) is 96.0 cm³/mol. The number of likely N-dealkylation sites (tertiary alicyclic amines) is 1. The monoisotopic (exact) mass is 335 g/mol. The maximum Gasteiger partial charge on any atom is 0.252 e. The lowest BCUT2D eigenvalue weighted by Crippen LogP contribution is -2.52. The molecule has 2 aromatic heterocycles. The number of carbonyl (C=O) groups excluding carboxylic acids is 1. The zero-order chi connectivity index (χ0) is 17.6. The second-order valence-corrected chi connectivity index (χ2v) is 7.50. The van der Waals surface area contributed by atoms with Crippen LogP contribution in [-0.4, -0.2) is 38.5 Å². The average molecular weight is 335 g/mol. The Morgan fingerprint density at radius 2 is 1.88 bits per heavy atom. The Morgan fingerprint density at radius 1 is 1.16 bits per heavy atom. The number of aromatic nitrogens is 3. The largest absolute Gasteiger partial charge is 0.365 e. The molecule has 25 heavy (non-hydrogen) atoms. The van der Waals surface area contributed by atoms with Gasteiger partial charge in [0.05, 0.1) is 11.3 Å². The van der Waals surface area contributed by atoms with E-state index in [4.69, 9.17) is 5.73 Å². The number of nitrogens with two attached hydrogens (primary N) is 1. The highest BCUT2D eigenvalue weighted by Gasteiger charge is 2.33. The van der Waals surface area contributed by atoms with Gasteiger partial charge in [0.25, 0.3) is 5.91 Å². The number of fused-ring (bicyclic) bond motifs is 1. The lowest BCUT2D eigenvalue weighted by molar-refractivity contribution is 0.0242. The number of primary amides is 1. The molecule has 1 fully saturated rings. The van der Waals surface area contributed by atoms with Crippen molar-refractivity contribution in [3.63, 3.8) is 0 Å². The van der Waals surface area contributed by atoms with E-state index >= 15 is 0 Å². The van der Waals surface area contributed by atoms with E-state index in [0.29, 0.717) is 16.6 Å². The molecule has 0 aliphatic carbocycles. The summed E-state index contributed by atoms with van der Waals surface area (Å²) in [5.74, 6) is -0.502. The van der Waals surface area contributed by atoms with Crippen molar-refractivity contribution >= 4 is 11.6 Å². The molecule has 0 radical (unpaired) electrons. The third-order valence-corrected chi connectivity index (χ3v) is 4.65. The average Bonchev–Trinajstić information content (AvgIpc) is 3.02. The second-order valence-electron chi connectivity index (χ2n) is 7.50. The molecular weight excluding hydrogens is 314 g/mol. The molecule has 2 N–H and O–H groups in total. The molecule has 1 aliphatic rings. The number of rotatable bonds is 4. The van der Waals surface area contributed by atoms with Crippen molar-refractivity contribution in [1.82, 2.24) is 19.5 Å². The quantitative estimate of drug-likeness (QED) is 0.794. The van der Waals surface area contributed by atoms with Crippen molar-refractivity contribution in [3.05, 3.63) is 53.9 Å². The zero-order valence-electron chi connectivity index (χ0n) is 14.4. The topological polar surface area (TPSA) is 76.5 Å². The summed E-state index contributed by atoms with van der Waals surface area (Å²) < 4.78 is 1.66. The molecule has 6 nitrogen and oxygen atoms in total. The Balaban J connectivity index is 1.60. The molecule has 0 spiro atoms. The molecule has 0 atom stereocenters. The summed E-state index contributed by atoms with van der Waals surface area (Å²) in [7, 11) is 0. The molecular formula is C19H21N5O. The number of amides is 1. The minimum Gasteiger partial charge on any atom is -0.365 e. The van der Waals surface area contributed by atoms with E-state index in [0.717, 1.165) is 30.9 Å². The van der Waals surface area contributed by atoms with Crippen LogP contribution in [-0.2, 0) is 6.54 Å². The molecule has 3 aromatic rings. The van der Waals surface area contributed by atoms with Gasteiger partial charge in [0.1, 0.15) is 6.33 Å². The Labute approximate surface area is 146 Å². The van der Waals surface area contributed by atoms with Crippen LogP contribution in [0, 0.1) is 5.41 Å². The van der Waals surface area contributed by atoms with Crippen molar-refractivity contribution in [2.75, 3.05) is 13.1 Å². The first-order valence-electron chi connectivity index (χ1n) is 8.37. The summed E-state index contributed by atoms with van der Waals surface area (Å²) in [6.07, 6.45) is 1.44. The van der Waals surface area contributed by atoms with Crippen LogP contribution >= 0.6 is 0 Å². The van der Waals surface area contributed by atoms with E-state index in [1.54, 1.807) is 10.6 Å². The number of nitrogens with zero attached hydrogens (tertiary/aromatic N) is 4. The van der Waals surface area contributed by atoms with E-state index < -0.39 is 5.91 Å². The van der Waals surface area contributed by atoms with E-state index in [9.17, 15) is 4.79 Å². The van der Waals surface area contributed by atoms with E-state index in [1.165, 1.54) is 11.9 Å². The fourth-order valence-electron chi connectivity index (χ4n) is 3.63. The van der Waals surface area contributed by atoms with E-state index in [1.807, 2.05) is 6.07 Å². The molecule has 1 aliphatic heterocycles.